The minimum Gasteiger partial charge on any atom is -0.391 e. The Hall–Kier alpha value is -0.770. The van der Waals surface area contributed by atoms with Crippen LogP contribution in [0.1, 0.15) is 27.2 Å². The van der Waals surface area contributed by atoms with E-state index in [1.807, 2.05) is 20.8 Å². The summed E-state index contributed by atoms with van der Waals surface area (Å²) in [6, 6.07) is -0.0796. The lowest BCUT2D eigenvalue weighted by Crippen LogP contribution is -2.47. The van der Waals surface area contributed by atoms with Crippen LogP contribution in [0.3, 0.4) is 0 Å². The summed E-state index contributed by atoms with van der Waals surface area (Å²) >= 11 is 0. The highest BCUT2D eigenvalue weighted by Gasteiger charge is 2.26. The minimum atomic E-state index is -0.342. The van der Waals surface area contributed by atoms with E-state index in [4.69, 9.17) is 0 Å². The number of hydrogen-bond acceptors (Lipinski definition) is 2. The van der Waals surface area contributed by atoms with Gasteiger partial charge in [0.05, 0.1) is 6.10 Å². The van der Waals surface area contributed by atoms with Gasteiger partial charge in [0.2, 0.25) is 0 Å². The Morgan fingerprint density at radius 2 is 2.15 bits per heavy atom. The molecule has 1 aliphatic heterocycles. The zero-order chi connectivity index (χ0) is 10.1. The van der Waals surface area contributed by atoms with Crippen LogP contribution in [0, 0.1) is 0 Å². The van der Waals surface area contributed by atoms with Crippen LogP contribution in [0.2, 0.25) is 0 Å². The van der Waals surface area contributed by atoms with E-state index in [-0.39, 0.29) is 17.7 Å². The van der Waals surface area contributed by atoms with Crippen molar-refractivity contribution in [3.05, 3.63) is 0 Å². The molecule has 13 heavy (non-hydrogen) atoms. The van der Waals surface area contributed by atoms with Gasteiger partial charge in [-0.2, -0.15) is 0 Å². The number of urea groups is 1. The second-order valence-electron chi connectivity index (χ2n) is 4.57. The lowest BCUT2D eigenvalue weighted by molar-refractivity contribution is 0.168. The summed E-state index contributed by atoms with van der Waals surface area (Å²) in [7, 11) is 0. The van der Waals surface area contributed by atoms with Gasteiger partial charge in [-0.15, -0.1) is 0 Å². The van der Waals surface area contributed by atoms with Gasteiger partial charge < -0.3 is 15.3 Å². The van der Waals surface area contributed by atoms with Gasteiger partial charge in [0.15, 0.2) is 0 Å². The molecular formula is C9H18N2O2. The Kier molecular flexibility index (Phi) is 2.81. The number of β-amino-alcohol motifs (C(OH)–C–C–N with tert-alkyl or cyclic N) is 1. The van der Waals surface area contributed by atoms with Crippen LogP contribution in [0.5, 0.6) is 0 Å². The van der Waals surface area contributed by atoms with E-state index in [0.29, 0.717) is 19.5 Å². The maximum atomic E-state index is 11.5. The maximum Gasteiger partial charge on any atom is 0.317 e. The van der Waals surface area contributed by atoms with Crippen LogP contribution in [-0.2, 0) is 0 Å². The van der Waals surface area contributed by atoms with Gasteiger partial charge in [0, 0.05) is 18.6 Å². The van der Waals surface area contributed by atoms with Crippen LogP contribution in [0.4, 0.5) is 4.79 Å². The molecule has 4 nitrogen and oxygen atoms in total. The number of amides is 2. The molecular weight excluding hydrogens is 168 g/mol. The fourth-order valence-electron chi connectivity index (χ4n) is 1.33. The average molecular weight is 186 g/mol. The first-order valence-corrected chi connectivity index (χ1v) is 4.63. The first kappa shape index (κ1) is 10.3. The molecule has 1 aliphatic rings. The number of carbonyl (C=O) groups excluding carboxylic acids is 1. The van der Waals surface area contributed by atoms with Gasteiger partial charge in [-0.1, -0.05) is 0 Å². The number of nitrogens with one attached hydrogen (secondary N) is 1. The van der Waals surface area contributed by atoms with Gasteiger partial charge in [0.1, 0.15) is 0 Å². The molecule has 4 heteroatoms. The van der Waals surface area contributed by atoms with Crippen molar-refractivity contribution in [1.29, 1.82) is 0 Å². The monoisotopic (exact) mass is 186 g/mol. The SMILES string of the molecule is CC(C)(C)NC(=O)N1CCC(O)C1. The smallest absolute Gasteiger partial charge is 0.317 e. The van der Waals surface area contributed by atoms with Crippen LogP contribution in [-0.4, -0.2) is 40.8 Å². The van der Waals surface area contributed by atoms with Crippen molar-refractivity contribution in [3.63, 3.8) is 0 Å². The Morgan fingerprint density at radius 3 is 2.54 bits per heavy atom. The lowest BCUT2D eigenvalue weighted by atomic mass is 10.1. The molecule has 76 valence electrons. The third kappa shape index (κ3) is 3.22. The summed E-state index contributed by atoms with van der Waals surface area (Å²) in [5.41, 5.74) is -0.204. The molecule has 2 N–H and O–H groups in total. The topological polar surface area (TPSA) is 52.6 Å². The van der Waals surface area contributed by atoms with Crippen molar-refractivity contribution in [2.75, 3.05) is 13.1 Å². The molecule has 0 saturated carbocycles. The zero-order valence-corrected chi connectivity index (χ0v) is 8.50. The predicted octanol–water partition coefficient (Wildman–Crippen LogP) is 0.561. The van der Waals surface area contributed by atoms with E-state index >= 15 is 0 Å². The molecule has 0 spiro atoms. The normalized spacial score (nSPS) is 23.4. The van der Waals surface area contributed by atoms with Crippen LogP contribution < -0.4 is 5.32 Å². The van der Waals surface area contributed by atoms with Crippen molar-refractivity contribution in [1.82, 2.24) is 10.2 Å². The Morgan fingerprint density at radius 1 is 1.54 bits per heavy atom. The van der Waals surface area contributed by atoms with E-state index in [2.05, 4.69) is 5.32 Å². The van der Waals surface area contributed by atoms with Crippen molar-refractivity contribution in [3.8, 4) is 0 Å². The van der Waals surface area contributed by atoms with Gasteiger partial charge >= 0.3 is 6.03 Å². The van der Waals surface area contributed by atoms with Crippen molar-refractivity contribution < 1.29 is 9.90 Å². The first-order chi connectivity index (χ1) is 5.88. The highest BCUT2D eigenvalue weighted by atomic mass is 16.3. The van der Waals surface area contributed by atoms with Crippen molar-refractivity contribution in [2.45, 2.75) is 38.8 Å². The molecule has 1 heterocycles. The van der Waals surface area contributed by atoms with Gasteiger partial charge in [-0.3, -0.25) is 0 Å². The van der Waals surface area contributed by atoms with E-state index in [9.17, 15) is 9.90 Å². The summed E-state index contributed by atoms with van der Waals surface area (Å²) in [4.78, 5) is 13.2. The van der Waals surface area contributed by atoms with Gasteiger partial charge in [-0.05, 0) is 27.2 Å². The van der Waals surface area contributed by atoms with Gasteiger partial charge in [-0.25, -0.2) is 4.79 Å². The molecule has 0 aromatic rings. The summed E-state index contributed by atoms with van der Waals surface area (Å²) in [5.74, 6) is 0. The lowest BCUT2D eigenvalue weighted by Gasteiger charge is -2.25. The molecule has 1 rings (SSSR count). The standard InChI is InChI=1S/C9H18N2O2/c1-9(2,3)10-8(13)11-5-4-7(12)6-11/h7,12H,4-6H2,1-3H3,(H,10,13). The molecule has 1 atom stereocenters. The molecule has 1 saturated heterocycles. The summed E-state index contributed by atoms with van der Waals surface area (Å²) in [6.45, 7) is 6.94. The summed E-state index contributed by atoms with van der Waals surface area (Å²) in [5, 5.41) is 12.1. The molecule has 0 aromatic carbocycles. The van der Waals surface area contributed by atoms with E-state index in [1.165, 1.54) is 0 Å². The Bertz CT molecular complexity index is 198. The number of hydrogen-bond donors (Lipinski definition) is 2. The number of aliphatic hydroxyl groups is 1. The fraction of sp³-hybridized carbons (Fsp3) is 0.889. The van der Waals surface area contributed by atoms with Gasteiger partial charge in [0.25, 0.3) is 0 Å². The molecule has 2 amide bonds. The third-order valence-corrected chi connectivity index (χ3v) is 1.93. The van der Waals surface area contributed by atoms with E-state index in [1.54, 1.807) is 4.90 Å². The number of carbonyl (C=O) groups is 1. The second-order valence-corrected chi connectivity index (χ2v) is 4.57. The quantitative estimate of drug-likeness (QED) is 0.581. The first-order valence-electron chi connectivity index (χ1n) is 4.63. The van der Waals surface area contributed by atoms with Crippen LogP contribution in [0.15, 0.2) is 0 Å². The average Bonchev–Trinajstić information content (AvgIpc) is 2.31. The fourth-order valence-corrected chi connectivity index (χ4v) is 1.33. The third-order valence-electron chi connectivity index (χ3n) is 1.93. The summed E-state index contributed by atoms with van der Waals surface area (Å²) < 4.78 is 0. The molecule has 0 bridgehead atoms. The molecule has 0 radical (unpaired) electrons. The number of likely N-dealkylation sites (tertiary alicyclic amines) is 1. The maximum absolute atomic E-state index is 11.5. The number of nitrogens with zero attached hydrogens (tertiary/aromatic N) is 1. The number of aliphatic hydroxyl groups excluding tert-OH is 1. The Balaban J connectivity index is 2.41. The largest absolute Gasteiger partial charge is 0.391 e. The zero-order valence-electron chi connectivity index (χ0n) is 8.50. The number of rotatable bonds is 0. The highest BCUT2D eigenvalue weighted by Crippen LogP contribution is 2.10. The minimum absolute atomic E-state index is 0.0796. The molecule has 1 unspecified atom stereocenters. The van der Waals surface area contributed by atoms with Crippen molar-refractivity contribution in [2.24, 2.45) is 0 Å². The Labute approximate surface area is 78.9 Å². The molecule has 0 aliphatic carbocycles. The second kappa shape index (κ2) is 3.54. The highest BCUT2D eigenvalue weighted by molar-refractivity contribution is 5.75. The molecule has 0 aromatic heterocycles. The van der Waals surface area contributed by atoms with Crippen LogP contribution in [0.25, 0.3) is 0 Å². The van der Waals surface area contributed by atoms with E-state index in [0.717, 1.165) is 0 Å². The van der Waals surface area contributed by atoms with Crippen molar-refractivity contribution >= 4 is 6.03 Å². The van der Waals surface area contributed by atoms with Crippen LogP contribution >= 0.6 is 0 Å². The van der Waals surface area contributed by atoms with E-state index < -0.39 is 0 Å². The summed E-state index contributed by atoms with van der Waals surface area (Å²) in [6.07, 6.45) is 0.350. The molecule has 1 fully saturated rings. The predicted molar refractivity (Wildman–Crippen MR) is 50.5 cm³/mol.